The van der Waals surface area contributed by atoms with Crippen molar-refractivity contribution in [2.45, 2.75) is 20.4 Å². The lowest BCUT2D eigenvalue weighted by molar-refractivity contribution is -0.121. The van der Waals surface area contributed by atoms with E-state index in [4.69, 9.17) is 5.26 Å². The molecule has 6 nitrogen and oxygen atoms in total. The second kappa shape index (κ2) is 11.1. The van der Waals surface area contributed by atoms with Gasteiger partial charge in [-0.25, -0.2) is 4.99 Å². The molecule has 0 atom stereocenters. The van der Waals surface area contributed by atoms with Gasteiger partial charge < -0.3 is 9.80 Å². The minimum absolute atomic E-state index is 0.136. The first-order chi connectivity index (χ1) is 15.2. The number of benzene rings is 2. The fraction of sp³-hybridized carbons (Fsp3) is 0.320. The molecular formula is C25H29N5O. The highest BCUT2D eigenvalue weighted by atomic mass is 16.2. The van der Waals surface area contributed by atoms with Gasteiger partial charge in [-0.05, 0) is 35.4 Å². The largest absolute Gasteiger partial charge is 0.354 e. The maximum absolute atomic E-state index is 12.6. The molecule has 0 aromatic heterocycles. The highest BCUT2D eigenvalue weighted by Crippen LogP contribution is 2.18. The Morgan fingerprint density at radius 2 is 1.71 bits per heavy atom. The van der Waals surface area contributed by atoms with Crippen LogP contribution in [0, 0.1) is 11.3 Å². The first kappa shape index (κ1) is 22.3. The Kier molecular flexibility index (Phi) is 7.97. The van der Waals surface area contributed by atoms with Gasteiger partial charge in [-0.15, -0.1) is 0 Å². The van der Waals surface area contributed by atoms with Crippen molar-refractivity contribution in [1.29, 1.82) is 5.26 Å². The first-order valence-electron chi connectivity index (χ1n) is 10.7. The van der Waals surface area contributed by atoms with Crippen LogP contribution in [0.4, 0.5) is 5.69 Å². The zero-order valence-electron chi connectivity index (χ0n) is 18.2. The van der Waals surface area contributed by atoms with Gasteiger partial charge in [-0.2, -0.15) is 5.26 Å². The molecule has 6 heteroatoms. The Bertz CT molecular complexity index is 960. The number of anilines is 1. The Labute approximate surface area is 184 Å². The van der Waals surface area contributed by atoms with Gasteiger partial charge in [-0.3, -0.25) is 9.69 Å². The summed E-state index contributed by atoms with van der Waals surface area (Å²) in [6.45, 7) is 8.25. The summed E-state index contributed by atoms with van der Waals surface area (Å²) in [4.78, 5) is 23.2. The van der Waals surface area contributed by atoms with Crippen LogP contribution in [-0.2, 0) is 11.3 Å². The Balaban J connectivity index is 0.00000132. The third kappa shape index (κ3) is 6.03. The number of hydrogen-bond acceptors (Lipinski definition) is 5. The van der Waals surface area contributed by atoms with Crippen molar-refractivity contribution in [3.05, 3.63) is 77.5 Å². The number of nitriles is 1. The van der Waals surface area contributed by atoms with Gasteiger partial charge in [0.05, 0.1) is 24.5 Å². The predicted octanol–water partition coefficient (Wildman–Crippen LogP) is 3.66. The van der Waals surface area contributed by atoms with Crippen molar-refractivity contribution >= 4 is 17.9 Å². The number of hydrogen-bond donors (Lipinski definition) is 0. The summed E-state index contributed by atoms with van der Waals surface area (Å²) in [5, 5.41) is 8.92. The molecule has 1 amide bonds. The van der Waals surface area contributed by atoms with E-state index in [-0.39, 0.29) is 5.91 Å². The standard InChI is InChI=1S/C23H23N5O.C2H6/c24-12-19-6-8-20(9-7-19)14-27-16-21(13-25-18-27)15-26-10-11-28(23(29)17-26)22-4-2-1-3-5-22;1-2/h1-9,13,18H,10-11,14-17H2;1-2H3. The number of rotatable bonds is 5. The molecule has 1 saturated heterocycles. The highest BCUT2D eigenvalue weighted by Gasteiger charge is 2.25. The maximum Gasteiger partial charge on any atom is 0.241 e. The number of piperazine rings is 1. The van der Waals surface area contributed by atoms with E-state index >= 15 is 0 Å². The van der Waals surface area contributed by atoms with Gasteiger partial charge >= 0.3 is 0 Å². The van der Waals surface area contributed by atoms with Crippen LogP contribution in [0.1, 0.15) is 25.0 Å². The number of para-hydroxylation sites is 1. The summed E-state index contributed by atoms with van der Waals surface area (Å²) < 4.78 is 0. The molecule has 2 aliphatic rings. The Hall–Kier alpha value is -3.43. The fourth-order valence-electron chi connectivity index (χ4n) is 3.71. The average Bonchev–Trinajstić information content (AvgIpc) is 2.82. The smallest absolute Gasteiger partial charge is 0.241 e. The van der Waals surface area contributed by atoms with Crippen LogP contribution in [-0.4, -0.2) is 54.8 Å². The maximum atomic E-state index is 12.6. The summed E-state index contributed by atoms with van der Waals surface area (Å²) in [5.41, 5.74) is 3.97. The lowest BCUT2D eigenvalue weighted by atomic mass is 10.1. The van der Waals surface area contributed by atoms with Crippen LogP contribution in [0.15, 0.2) is 71.4 Å². The van der Waals surface area contributed by atoms with E-state index in [1.807, 2.05) is 85.9 Å². The molecular weight excluding hydrogens is 386 g/mol. The summed E-state index contributed by atoms with van der Waals surface area (Å²) in [5.74, 6) is 0.136. The van der Waals surface area contributed by atoms with Gasteiger partial charge in [0.25, 0.3) is 0 Å². The van der Waals surface area contributed by atoms with Gasteiger partial charge in [0, 0.05) is 44.6 Å². The Morgan fingerprint density at radius 3 is 2.39 bits per heavy atom. The van der Waals surface area contributed by atoms with Crippen LogP contribution in [0.25, 0.3) is 0 Å². The third-order valence-corrected chi connectivity index (χ3v) is 5.16. The molecule has 1 fully saturated rings. The molecule has 0 radical (unpaired) electrons. The molecule has 0 aliphatic carbocycles. The second-order valence-corrected chi connectivity index (χ2v) is 7.36. The number of aliphatic imine (C=N–C) groups is 1. The van der Waals surface area contributed by atoms with Crippen molar-refractivity contribution < 1.29 is 4.79 Å². The zero-order valence-corrected chi connectivity index (χ0v) is 18.2. The third-order valence-electron chi connectivity index (χ3n) is 5.16. The summed E-state index contributed by atoms with van der Waals surface area (Å²) in [7, 11) is 0. The second-order valence-electron chi connectivity index (χ2n) is 7.36. The molecule has 160 valence electrons. The van der Waals surface area contributed by atoms with Crippen LogP contribution in [0.5, 0.6) is 0 Å². The number of nitrogens with zero attached hydrogens (tertiary/aromatic N) is 5. The molecule has 0 saturated carbocycles. The van der Waals surface area contributed by atoms with Gasteiger partial charge in [0.2, 0.25) is 5.91 Å². The predicted molar refractivity (Wildman–Crippen MR) is 125 cm³/mol. The monoisotopic (exact) mass is 415 g/mol. The van der Waals surface area contributed by atoms with Crippen molar-refractivity contribution in [2.75, 3.05) is 37.6 Å². The van der Waals surface area contributed by atoms with E-state index in [0.29, 0.717) is 18.7 Å². The minimum Gasteiger partial charge on any atom is -0.354 e. The van der Waals surface area contributed by atoms with Crippen LogP contribution in [0.2, 0.25) is 0 Å². The zero-order chi connectivity index (χ0) is 22.1. The van der Waals surface area contributed by atoms with E-state index in [9.17, 15) is 4.79 Å². The molecule has 31 heavy (non-hydrogen) atoms. The van der Waals surface area contributed by atoms with Crippen LogP contribution >= 0.6 is 0 Å². The first-order valence-corrected chi connectivity index (χ1v) is 10.7. The summed E-state index contributed by atoms with van der Waals surface area (Å²) >= 11 is 0. The van der Waals surface area contributed by atoms with Gasteiger partial charge in [0.1, 0.15) is 0 Å². The van der Waals surface area contributed by atoms with Crippen molar-refractivity contribution in [3.8, 4) is 6.07 Å². The lowest BCUT2D eigenvalue weighted by Crippen LogP contribution is -2.51. The lowest BCUT2D eigenvalue weighted by Gasteiger charge is -2.35. The topological polar surface area (TPSA) is 62.9 Å². The van der Waals surface area contributed by atoms with Crippen molar-refractivity contribution in [1.82, 2.24) is 9.80 Å². The van der Waals surface area contributed by atoms with Crippen LogP contribution < -0.4 is 4.90 Å². The molecule has 2 heterocycles. The number of carbonyl (C=O) groups excluding carboxylic acids is 1. The van der Waals surface area contributed by atoms with E-state index in [0.717, 1.165) is 37.4 Å². The van der Waals surface area contributed by atoms with E-state index < -0.39 is 0 Å². The quantitative estimate of drug-likeness (QED) is 0.748. The SMILES string of the molecule is CC.N#Cc1ccc(CN2C=NC=C(CN3CCN(c4ccccc4)C(=O)C3)C2)cc1. The molecule has 0 bridgehead atoms. The van der Waals surface area contributed by atoms with Gasteiger partial charge in [0.15, 0.2) is 0 Å². The number of amides is 1. The van der Waals surface area contributed by atoms with Crippen molar-refractivity contribution in [2.24, 2.45) is 4.99 Å². The van der Waals surface area contributed by atoms with E-state index in [1.54, 1.807) is 0 Å². The molecule has 2 aromatic carbocycles. The molecule has 2 aromatic rings. The minimum atomic E-state index is 0.136. The molecule has 0 spiro atoms. The fourth-order valence-corrected chi connectivity index (χ4v) is 3.71. The highest BCUT2D eigenvalue weighted by molar-refractivity contribution is 5.95. The van der Waals surface area contributed by atoms with E-state index in [2.05, 4.69) is 20.9 Å². The molecule has 4 rings (SSSR count). The summed E-state index contributed by atoms with van der Waals surface area (Å²) in [6.07, 6.45) is 3.75. The van der Waals surface area contributed by atoms with Crippen LogP contribution in [0.3, 0.4) is 0 Å². The average molecular weight is 416 g/mol. The Morgan fingerprint density at radius 1 is 0.968 bits per heavy atom. The summed E-state index contributed by atoms with van der Waals surface area (Å²) in [6, 6.07) is 19.6. The van der Waals surface area contributed by atoms with Gasteiger partial charge in [-0.1, -0.05) is 44.2 Å². The molecule has 0 unspecified atom stereocenters. The molecule has 2 aliphatic heterocycles. The molecule has 0 N–H and O–H groups in total. The number of carbonyl (C=O) groups is 1. The normalized spacial score (nSPS) is 16.3. The van der Waals surface area contributed by atoms with E-state index in [1.165, 1.54) is 5.57 Å². The van der Waals surface area contributed by atoms with Crippen molar-refractivity contribution in [3.63, 3.8) is 0 Å².